The fourth-order valence-electron chi connectivity index (χ4n) is 2.87. The summed E-state index contributed by atoms with van der Waals surface area (Å²) in [6, 6.07) is 2.72. The van der Waals surface area contributed by atoms with Crippen LogP contribution < -0.4 is 5.73 Å². The number of imidazole rings is 1. The van der Waals surface area contributed by atoms with Crippen LogP contribution in [-0.4, -0.2) is 59.1 Å². The average molecular weight is 295 g/mol. The average Bonchev–Trinajstić information content (AvgIpc) is 2.75. The maximum atomic E-state index is 14.1. The molecule has 1 atom stereocenters. The summed E-state index contributed by atoms with van der Waals surface area (Å²) in [6.07, 6.45) is 0. The number of nitrogens with zero attached hydrogens (tertiary/aromatic N) is 4. The normalized spacial score (nSPS) is 21.2. The van der Waals surface area contributed by atoms with Crippen molar-refractivity contribution in [3.8, 4) is 0 Å². The molecule has 1 aromatic carbocycles. The third-order valence-electron chi connectivity index (χ3n) is 4.20. The Hall–Kier alpha value is -1.73. The van der Waals surface area contributed by atoms with E-state index in [1.807, 2.05) is 7.05 Å². The molecule has 0 aliphatic carbocycles. The first-order chi connectivity index (χ1) is 9.97. The first kappa shape index (κ1) is 14.2. The van der Waals surface area contributed by atoms with Crippen molar-refractivity contribution in [1.82, 2.24) is 19.4 Å². The molecule has 0 saturated carbocycles. The van der Waals surface area contributed by atoms with Gasteiger partial charge in [-0.1, -0.05) is 0 Å². The summed E-state index contributed by atoms with van der Waals surface area (Å²) >= 11 is 0. The summed E-state index contributed by atoms with van der Waals surface area (Å²) in [5.41, 5.74) is 6.43. The molecule has 1 aliphatic heterocycles. The van der Waals surface area contributed by atoms with Crippen LogP contribution in [0, 0.1) is 11.6 Å². The quantitative estimate of drug-likeness (QED) is 0.903. The summed E-state index contributed by atoms with van der Waals surface area (Å²) in [5.74, 6) is -1.54. The number of nitrogen functional groups attached to an aromatic ring is 1. The maximum absolute atomic E-state index is 14.1. The highest BCUT2D eigenvalue weighted by molar-refractivity contribution is 5.79. The highest BCUT2D eigenvalue weighted by Crippen LogP contribution is 2.24. The molecule has 0 amide bonds. The van der Waals surface area contributed by atoms with Gasteiger partial charge in [-0.2, -0.15) is 0 Å². The number of halogens is 2. The van der Waals surface area contributed by atoms with Gasteiger partial charge in [-0.05, 0) is 26.2 Å². The summed E-state index contributed by atoms with van der Waals surface area (Å²) in [4.78, 5) is 8.56. The third-order valence-corrected chi connectivity index (χ3v) is 4.20. The molecule has 114 valence electrons. The lowest BCUT2D eigenvalue weighted by Gasteiger charge is -2.38. The fourth-order valence-corrected chi connectivity index (χ4v) is 2.87. The topological polar surface area (TPSA) is 50.3 Å². The van der Waals surface area contributed by atoms with Crippen LogP contribution in [0.4, 0.5) is 14.7 Å². The summed E-state index contributed by atoms with van der Waals surface area (Å²) in [6.45, 7) is 3.27. The molecule has 2 aromatic rings. The second-order valence-electron chi connectivity index (χ2n) is 5.71. The van der Waals surface area contributed by atoms with E-state index in [4.69, 9.17) is 5.73 Å². The van der Waals surface area contributed by atoms with Crippen LogP contribution in [0.3, 0.4) is 0 Å². The van der Waals surface area contributed by atoms with Gasteiger partial charge >= 0.3 is 0 Å². The van der Waals surface area contributed by atoms with Gasteiger partial charge in [-0.3, -0.25) is 4.90 Å². The molecule has 1 unspecified atom stereocenters. The summed E-state index contributed by atoms with van der Waals surface area (Å²) in [7, 11) is 4.08. The van der Waals surface area contributed by atoms with E-state index in [9.17, 15) is 8.78 Å². The SMILES string of the molecule is CN1CCN(C)C(Cn2c(N)nc3ccc(F)c(F)c32)C1. The van der Waals surface area contributed by atoms with E-state index >= 15 is 0 Å². The molecule has 5 nitrogen and oxygen atoms in total. The van der Waals surface area contributed by atoms with E-state index in [0.717, 1.165) is 25.7 Å². The van der Waals surface area contributed by atoms with Crippen LogP contribution in [0.25, 0.3) is 11.0 Å². The minimum absolute atomic E-state index is 0.147. The number of likely N-dealkylation sites (N-methyl/N-ethyl adjacent to an activating group) is 2. The number of rotatable bonds is 2. The first-order valence-corrected chi connectivity index (χ1v) is 6.96. The molecule has 2 N–H and O–H groups in total. The number of hydrogen-bond acceptors (Lipinski definition) is 4. The van der Waals surface area contributed by atoms with Crippen molar-refractivity contribution >= 4 is 17.0 Å². The van der Waals surface area contributed by atoms with E-state index in [1.165, 1.54) is 6.07 Å². The van der Waals surface area contributed by atoms with Crippen LogP contribution in [0.1, 0.15) is 0 Å². The molecule has 0 spiro atoms. The van der Waals surface area contributed by atoms with E-state index < -0.39 is 11.6 Å². The molecule has 1 aromatic heterocycles. The lowest BCUT2D eigenvalue weighted by atomic mass is 10.2. The Morgan fingerprint density at radius 1 is 1.29 bits per heavy atom. The van der Waals surface area contributed by atoms with Crippen LogP contribution in [-0.2, 0) is 6.54 Å². The molecule has 7 heteroatoms. The fraction of sp³-hybridized carbons (Fsp3) is 0.500. The van der Waals surface area contributed by atoms with Gasteiger partial charge < -0.3 is 15.2 Å². The van der Waals surface area contributed by atoms with Crippen LogP contribution in [0.5, 0.6) is 0 Å². The van der Waals surface area contributed by atoms with Gasteiger partial charge in [0, 0.05) is 32.2 Å². The Labute approximate surface area is 121 Å². The maximum Gasteiger partial charge on any atom is 0.201 e. The number of aromatic nitrogens is 2. The van der Waals surface area contributed by atoms with E-state index in [0.29, 0.717) is 12.1 Å². The van der Waals surface area contributed by atoms with Crippen molar-refractivity contribution in [2.45, 2.75) is 12.6 Å². The molecule has 21 heavy (non-hydrogen) atoms. The number of fused-ring (bicyclic) bond motifs is 1. The van der Waals surface area contributed by atoms with Gasteiger partial charge in [-0.25, -0.2) is 13.8 Å². The van der Waals surface area contributed by atoms with Crippen molar-refractivity contribution in [3.63, 3.8) is 0 Å². The monoisotopic (exact) mass is 295 g/mol. The van der Waals surface area contributed by atoms with Gasteiger partial charge in [0.2, 0.25) is 5.95 Å². The summed E-state index contributed by atoms with van der Waals surface area (Å²) < 4.78 is 29.1. The largest absolute Gasteiger partial charge is 0.369 e. The molecule has 1 saturated heterocycles. The van der Waals surface area contributed by atoms with E-state index in [1.54, 1.807) is 4.57 Å². The third kappa shape index (κ3) is 2.47. The Bertz CT molecular complexity index is 669. The first-order valence-electron chi connectivity index (χ1n) is 6.96. The van der Waals surface area contributed by atoms with Crippen LogP contribution >= 0.6 is 0 Å². The second-order valence-corrected chi connectivity index (χ2v) is 5.71. The van der Waals surface area contributed by atoms with E-state index in [-0.39, 0.29) is 17.5 Å². The molecule has 1 fully saturated rings. The molecule has 2 heterocycles. The highest BCUT2D eigenvalue weighted by atomic mass is 19.2. The molecular formula is C14H19F2N5. The standard InChI is InChI=1S/C14H19F2N5/c1-19-5-6-20(2)9(7-19)8-21-13-11(18-14(21)17)4-3-10(15)12(13)16/h3-4,9H,5-8H2,1-2H3,(H2,17,18). The van der Waals surface area contributed by atoms with Gasteiger partial charge in [-0.15, -0.1) is 0 Å². The van der Waals surface area contributed by atoms with Gasteiger partial charge in [0.15, 0.2) is 11.6 Å². The zero-order valence-electron chi connectivity index (χ0n) is 12.2. The number of benzene rings is 1. The summed E-state index contributed by atoms with van der Waals surface area (Å²) in [5, 5.41) is 0. The number of piperazine rings is 1. The molecular weight excluding hydrogens is 276 g/mol. The Morgan fingerprint density at radius 3 is 2.81 bits per heavy atom. The van der Waals surface area contributed by atoms with E-state index in [2.05, 4.69) is 21.8 Å². The predicted octanol–water partition coefficient (Wildman–Crippen LogP) is 1.14. The van der Waals surface area contributed by atoms with Crippen molar-refractivity contribution in [2.75, 3.05) is 39.5 Å². The van der Waals surface area contributed by atoms with Crippen molar-refractivity contribution in [2.24, 2.45) is 0 Å². The number of hydrogen-bond donors (Lipinski definition) is 1. The highest BCUT2D eigenvalue weighted by Gasteiger charge is 2.25. The molecule has 1 aliphatic rings. The van der Waals surface area contributed by atoms with Gasteiger partial charge in [0.05, 0.1) is 5.52 Å². The van der Waals surface area contributed by atoms with Crippen LogP contribution in [0.15, 0.2) is 12.1 Å². The Balaban J connectivity index is 2.00. The zero-order chi connectivity index (χ0) is 15.1. The Morgan fingerprint density at radius 2 is 2.05 bits per heavy atom. The smallest absolute Gasteiger partial charge is 0.201 e. The van der Waals surface area contributed by atoms with Crippen LogP contribution in [0.2, 0.25) is 0 Å². The number of nitrogens with two attached hydrogens (primary N) is 1. The number of anilines is 1. The molecule has 3 rings (SSSR count). The lowest BCUT2D eigenvalue weighted by molar-refractivity contribution is 0.104. The minimum Gasteiger partial charge on any atom is -0.369 e. The van der Waals surface area contributed by atoms with Crippen molar-refractivity contribution in [3.05, 3.63) is 23.8 Å². The molecule has 0 bridgehead atoms. The van der Waals surface area contributed by atoms with Gasteiger partial charge in [0.1, 0.15) is 5.52 Å². The van der Waals surface area contributed by atoms with Crippen molar-refractivity contribution < 1.29 is 8.78 Å². The minimum atomic E-state index is -0.886. The van der Waals surface area contributed by atoms with Gasteiger partial charge in [0.25, 0.3) is 0 Å². The second kappa shape index (κ2) is 5.23. The molecule has 0 radical (unpaired) electrons. The lowest BCUT2D eigenvalue weighted by Crippen LogP contribution is -2.51. The van der Waals surface area contributed by atoms with Crippen molar-refractivity contribution in [1.29, 1.82) is 0 Å². The predicted molar refractivity (Wildman–Crippen MR) is 78.0 cm³/mol. The Kier molecular flexibility index (Phi) is 3.54. The zero-order valence-corrected chi connectivity index (χ0v) is 12.2.